The first-order valence-electron chi connectivity index (χ1n) is 7.21. The largest absolute Gasteiger partial charge is 0.313 e. The summed E-state index contributed by atoms with van der Waals surface area (Å²) in [5.41, 5.74) is 0. The molecule has 2 aliphatic rings. The molecule has 0 radical (unpaired) electrons. The third kappa shape index (κ3) is 2.98. The van der Waals surface area contributed by atoms with Crippen molar-refractivity contribution in [3.05, 3.63) is 0 Å². The molecule has 16 heavy (non-hydrogen) atoms. The van der Waals surface area contributed by atoms with Crippen LogP contribution >= 0.6 is 0 Å². The molecule has 1 N–H and O–H groups in total. The van der Waals surface area contributed by atoms with Crippen molar-refractivity contribution in [1.29, 1.82) is 0 Å². The van der Waals surface area contributed by atoms with Crippen molar-refractivity contribution in [2.24, 2.45) is 5.92 Å². The molecule has 0 spiro atoms. The molecule has 0 saturated heterocycles. The first-order chi connectivity index (χ1) is 7.72. The molecule has 0 heterocycles. The van der Waals surface area contributed by atoms with Crippen LogP contribution in [0.1, 0.15) is 52.9 Å². The van der Waals surface area contributed by atoms with Crippen LogP contribution in [0.2, 0.25) is 0 Å². The quantitative estimate of drug-likeness (QED) is 0.746. The number of rotatable bonds is 6. The van der Waals surface area contributed by atoms with Crippen LogP contribution in [0, 0.1) is 5.92 Å². The van der Waals surface area contributed by atoms with Crippen molar-refractivity contribution in [2.45, 2.75) is 71.0 Å². The second-order valence-corrected chi connectivity index (χ2v) is 5.98. The van der Waals surface area contributed by atoms with Crippen LogP contribution < -0.4 is 5.32 Å². The van der Waals surface area contributed by atoms with Crippen LogP contribution in [0.4, 0.5) is 0 Å². The predicted molar refractivity (Wildman–Crippen MR) is 69.7 cm³/mol. The van der Waals surface area contributed by atoms with Gasteiger partial charge in [0.05, 0.1) is 0 Å². The number of hydrogen-bond donors (Lipinski definition) is 1. The van der Waals surface area contributed by atoms with Crippen molar-refractivity contribution in [1.82, 2.24) is 10.2 Å². The van der Waals surface area contributed by atoms with Crippen LogP contribution in [0.15, 0.2) is 0 Å². The molecular weight excluding hydrogens is 196 g/mol. The molecular formula is C14H28N2. The third-order valence-electron chi connectivity index (χ3n) is 3.96. The average Bonchev–Trinajstić information content (AvgIpc) is 2.97. The topological polar surface area (TPSA) is 15.3 Å². The lowest BCUT2D eigenvalue weighted by Gasteiger charge is -2.34. The first kappa shape index (κ1) is 12.4. The van der Waals surface area contributed by atoms with Gasteiger partial charge >= 0.3 is 0 Å². The molecule has 0 aromatic carbocycles. The number of nitrogens with one attached hydrogen (secondary N) is 1. The van der Waals surface area contributed by atoms with E-state index in [4.69, 9.17) is 0 Å². The van der Waals surface area contributed by atoms with Crippen LogP contribution in [0.5, 0.6) is 0 Å². The minimum atomic E-state index is 0.768. The molecule has 2 atom stereocenters. The van der Waals surface area contributed by atoms with Crippen LogP contribution in [-0.2, 0) is 0 Å². The van der Waals surface area contributed by atoms with Crippen molar-refractivity contribution in [3.63, 3.8) is 0 Å². The third-order valence-corrected chi connectivity index (χ3v) is 3.96. The Balaban J connectivity index is 1.94. The second kappa shape index (κ2) is 5.50. The summed E-state index contributed by atoms with van der Waals surface area (Å²) in [4.78, 5) is 2.82. The van der Waals surface area contributed by atoms with Gasteiger partial charge in [0.25, 0.3) is 0 Å². The summed E-state index contributed by atoms with van der Waals surface area (Å²) >= 11 is 0. The average molecular weight is 224 g/mol. The monoisotopic (exact) mass is 224 g/mol. The van der Waals surface area contributed by atoms with Gasteiger partial charge in [-0.3, -0.25) is 4.90 Å². The van der Waals surface area contributed by atoms with E-state index in [1.165, 1.54) is 38.6 Å². The van der Waals surface area contributed by atoms with Gasteiger partial charge in [-0.05, 0) is 38.1 Å². The van der Waals surface area contributed by atoms with E-state index < -0.39 is 0 Å². The predicted octanol–water partition coefficient (Wildman–Crippen LogP) is 2.64. The molecule has 0 aliphatic heterocycles. The molecule has 0 aromatic heterocycles. The zero-order chi connectivity index (χ0) is 11.5. The smallest absolute Gasteiger partial charge is 0.0252 e. The molecule has 2 unspecified atom stereocenters. The van der Waals surface area contributed by atoms with E-state index in [-0.39, 0.29) is 0 Å². The molecule has 2 nitrogen and oxygen atoms in total. The lowest BCUT2D eigenvalue weighted by atomic mass is 10.1. The minimum Gasteiger partial charge on any atom is -0.313 e. The summed E-state index contributed by atoms with van der Waals surface area (Å²) in [5, 5.41) is 3.69. The van der Waals surface area contributed by atoms with E-state index >= 15 is 0 Å². The van der Waals surface area contributed by atoms with E-state index in [0.29, 0.717) is 0 Å². The van der Waals surface area contributed by atoms with Gasteiger partial charge < -0.3 is 5.32 Å². The van der Waals surface area contributed by atoms with Gasteiger partial charge in [0, 0.05) is 24.7 Å². The highest BCUT2D eigenvalue weighted by molar-refractivity contribution is 4.96. The molecule has 94 valence electrons. The summed E-state index contributed by atoms with van der Waals surface area (Å²) < 4.78 is 0. The van der Waals surface area contributed by atoms with Gasteiger partial charge in [-0.15, -0.1) is 0 Å². The lowest BCUT2D eigenvalue weighted by Crippen LogP contribution is -2.49. The van der Waals surface area contributed by atoms with Gasteiger partial charge in [-0.25, -0.2) is 0 Å². The molecule has 2 saturated carbocycles. The Morgan fingerprint density at radius 2 is 1.94 bits per heavy atom. The van der Waals surface area contributed by atoms with E-state index in [1.54, 1.807) is 0 Å². The highest BCUT2D eigenvalue weighted by atomic mass is 15.2. The first-order valence-corrected chi connectivity index (χ1v) is 7.21. The second-order valence-electron chi connectivity index (χ2n) is 5.98. The van der Waals surface area contributed by atoms with Crippen LogP contribution in [0.25, 0.3) is 0 Å². The Morgan fingerprint density at radius 1 is 1.19 bits per heavy atom. The maximum Gasteiger partial charge on any atom is 0.0252 e. The number of nitrogens with zero attached hydrogens (tertiary/aromatic N) is 1. The van der Waals surface area contributed by atoms with Gasteiger partial charge in [0.1, 0.15) is 0 Å². The summed E-state index contributed by atoms with van der Waals surface area (Å²) in [7, 11) is 0. The zero-order valence-corrected chi connectivity index (χ0v) is 11.2. The summed E-state index contributed by atoms with van der Waals surface area (Å²) in [6.07, 6.45) is 7.12. The Bertz CT molecular complexity index is 211. The van der Waals surface area contributed by atoms with E-state index in [9.17, 15) is 0 Å². The van der Waals surface area contributed by atoms with Crippen molar-refractivity contribution < 1.29 is 0 Å². The van der Waals surface area contributed by atoms with Crippen molar-refractivity contribution >= 4 is 0 Å². The fourth-order valence-electron chi connectivity index (χ4n) is 3.22. The van der Waals surface area contributed by atoms with Gasteiger partial charge in [-0.1, -0.05) is 27.2 Å². The highest BCUT2D eigenvalue weighted by Gasteiger charge is 2.39. The fraction of sp³-hybridized carbons (Fsp3) is 1.00. The van der Waals surface area contributed by atoms with Gasteiger partial charge in [-0.2, -0.15) is 0 Å². The molecule has 0 bridgehead atoms. The van der Waals surface area contributed by atoms with Crippen molar-refractivity contribution in [2.75, 3.05) is 13.1 Å². The van der Waals surface area contributed by atoms with Gasteiger partial charge in [0.15, 0.2) is 0 Å². The van der Waals surface area contributed by atoms with E-state index in [0.717, 1.165) is 30.6 Å². The maximum absolute atomic E-state index is 3.69. The number of likely N-dealkylation sites (N-methyl/N-ethyl adjacent to an activating group) is 1. The Hall–Kier alpha value is -0.0800. The molecule has 0 amide bonds. The van der Waals surface area contributed by atoms with Gasteiger partial charge in [0.2, 0.25) is 0 Å². The van der Waals surface area contributed by atoms with Crippen LogP contribution in [0.3, 0.4) is 0 Å². The number of hydrogen-bond acceptors (Lipinski definition) is 2. The molecule has 0 aromatic rings. The SMILES string of the molecule is CCNC1CCCC1N(CC(C)C)C1CC1. The highest BCUT2D eigenvalue weighted by Crippen LogP contribution is 2.35. The van der Waals surface area contributed by atoms with Crippen LogP contribution in [-0.4, -0.2) is 36.1 Å². The molecule has 2 rings (SSSR count). The molecule has 2 fully saturated rings. The summed E-state index contributed by atoms with van der Waals surface area (Å²) in [6.45, 7) is 9.37. The molecule has 2 aliphatic carbocycles. The zero-order valence-electron chi connectivity index (χ0n) is 11.2. The normalized spacial score (nSPS) is 30.6. The van der Waals surface area contributed by atoms with Crippen molar-refractivity contribution in [3.8, 4) is 0 Å². The minimum absolute atomic E-state index is 0.768. The molecule has 2 heteroatoms. The summed E-state index contributed by atoms with van der Waals surface area (Å²) in [6, 6.07) is 2.52. The Labute approximate surface area is 101 Å². The Kier molecular flexibility index (Phi) is 4.26. The van der Waals surface area contributed by atoms with E-state index in [2.05, 4.69) is 31.0 Å². The maximum atomic E-state index is 3.69. The fourth-order valence-corrected chi connectivity index (χ4v) is 3.22. The lowest BCUT2D eigenvalue weighted by molar-refractivity contribution is 0.146. The van der Waals surface area contributed by atoms with E-state index in [1.807, 2.05) is 0 Å². The summed E-state index contributed by atoms with van der Waals surface area (Å²) in [5.74, 6) is 0.809. The standard InChI is InChI=1S/C14H28N2/c1-4-15-13-6-5-7-14(13)16(10-11(2)3)12-8-9-12/h11-15H,4-10H2,1-3H3. The Morgan fingerprint density at radius 3 is 2.50 bits per heavy atom.